The molecule has 0 aromatic heterocycles. The molecule has 0 fully saturated rings. The molecule has 2 unspecified atom stereocenters. The summed E-state index contributed by atoms with van der Waals surface area (Å²) in [6, 6.07) is 8.09. The summed E-state index contributed by atoms with van der Waals surface area (Å²) in [6.07, 6.45) is -0.505. The summed E-state index contributed by atoms with van der Waals surface area (Å²) in [5, 5.41) is 13.2. The number of aliphatic hydroxyl groups excluding tert-OH is 1. The number of nitrogens with one attached hydrogen (secondary N) is 1. The highest BCUT2D eigenvalue weighted by atomic mass is 16.5. The van der Waals surface area contributed by atoms with Crippen LogP contribution in [-0.4, -0.2) is 37.1 Å². The number of methoxy groups -OCH3 is 1. The first-order chi connectivity index (χ1) is 9.31. The molecule has 0 aliphatic carbocycles. The molecule has 1 rings (SSSR count). The van der Waals surface area contributed by atoms with E-state index in [-0.39, 0.29) is 11.6 Å². The SMILES string of the molecule is COc1ccc(C(C)NCC(O)COC(C)(C)C)cc1. The molecule has 0 amide bonds. The van der Waals surface area contributed by atoms with Crippen molar-refractivity contribution in [2.24, 2.45) is 0 Å². The minimum atomic E-state index is -0.505. The number of rotatable bonds is 7. The Morgan fingerprint density at radius 2 is 1.80 bits per heavy atom. The minimum absolute atomic E-state index is 0.171. The van der Waals surface area contributed by atoms with Crippen molar-refractivity contribution in [3.63, 3.8) is 0 Å². The number of aliphatic hydroxyl groups is 1. The summed E-state index contributed by atoms with van der Waals surface area (Å²) in [5.41, 5.74) is 0.942. The first kappa shape index (κ1) is 17.0. The van der Waals surface area contributed by atoms with Crippen molar-refractivity contribution in [2.45, 2.75) is 45.4 Å². The Morgan fingerprint density at radius 3 is 2.30 bits per heavy atom. The van der Waals surface area contributed by atoms with E-state index >= 15 is 0 Å². The smallest absolute Gasteiger partial charge is 0.118 e. The first-order valence-electron chi connectivity index (χ1n) is 7.01. The molecule has 2 atom stereocenters. The van der Waals surface area contributed by atoms with Crippen LogP contribution in [0.4, 0.5) is 0 Å². The average molecular weight is 281 g/mol. The summed E-state index contributed by atoms with van der Waals surface area (Å²) < 4.78 is 10.7. The lowest BCUT2D eigenvalue weighted by molar-refractivity contribution is -0.0482. The van der Waals surface area contributed by atoms with Gasteiger partial charge >= 0.3 is 0 Å². The zero-order valence-electron chi connectivity index (χ0n) is 13.1. The highest BCUT2D eigenvalue weighted by molar-refractivity contribution is 5.28. The summed E-state index contributed by atoms with van der Waals surface area (Å²) in [6.45, 7) is 8.85. The van der Waals surface area contributed by atoms with Crippen LogP contribution in [0, 0.1) is 0 Å². The predicted molar refractivity (Wildman–Crippen MR) is 81.1 cm³/mol. The van der Waals surface area contributed by atoms with E-state index in [4.69, 9.17) is 9.47 Å². The molecule has 0 saturated heterocycles. The van der Waals surface area contributed by atoms with E-state index in [0.717, 1.165) is 11.3 Å². The topological polar surface area (TPSA) is 50.7 Å². The van der Waals surface area contributed by atoms with E-state index in [1.54, 1.807) is 7.11 Å². The van der Waals surface area contributed by atoms with Gasteiger partial charge in [-0.2, -0.15) is 0 Å². The molecule has 114 valence electrons. The molecular weight excluding hydrogens is 254 g/mol. The van der Waals surface area contributed by atoms with Crippen LogP contribution in [0.1, 0.15) is 39.3 Å². The van der Waals surface area contributed by atoms with Gasteiger partial charge in [0.15, 0.2) is 0 Å². The number of benzene rings is 1. The Morgan fingerprint density at radius 1 is 1.20 bits per heavy atom. The molecule has 0 spiro atoms. The Kier molecular flexibility index (Phi) is 6.46. The molecule has 2 N–H and O–H groups in total. The van der Waals surface area contributed by atoms with Crippen molar-refractivity contribution in [2.75, 3.05) is 20.3 Å². The molecular formula is C16H27NO3. The van der Waals surface area contributed by atoms with Gasteiger partial charge in [0.2, 0.25) is 0 Å². The van der Waals surface area contributed by atoms with E-state index in [9.17, 15) is 5.11 Å². The monoisotopic (exact) mass is 281 g/mol. The van der Waals surface area contributed by atoms with Crippen LogP contribution in [-0.2, 0) is 4.74 Å². The second-order valence-electron chi connectivity index (χ2n) is 5.98. The average Bonchev–Trinajstić information content (AvgIpc) is 2.41. The molecule has 0 heterocycles. The third kappa shape index (κ3) is 6.37. The molecule has 4 nitrogen and oxygen atoms in total. The number of hydrogen-bond donors (Lipinski definition) is 2. The van der Waals surface area contributed by atoms with Crippen LogP contribution < -0.4 is 10.1 Å². The Labute approximate surface area is 122 Å². The molecule has 0 bridgehead atoms. The van der Waals surface area contributed by atoms with Gasteiger partial charge in [-0.25, -0.2) is 0 Å². The van der Waals surface area contributed by atoms with Gasteiger partial charge in [0.05, 0.1) is 25.4 Å². The van der Waals surface area contributed by atoms with Crippen molar-refractivity contribution in [1.82, 2.24) is 5.32 Å². The summed E-state index contributed by atoms with van der Waals surface area (Å²) in [5.74, 6) is 0.847. The second kappa shape index (κ2) is 7.62. The maximum Gasteiger partial charge on any atom is 0.118 e. The first-order valence-corrected chi connectivity index (χ1v) is 7.01. The maximum atomic E-state index is 9.88. The molecule has 0 radical (unpaired) electrons. The third-order valence-electron chi connectivity index (χ3n) is 2.98. The van der Waals surface area contributed by atoms with Crippen molar-refractivity contribution in [1.29, 1.82) is 0 Å². The van der Waals surface area contributed by atoms with Crippen molar-refractivity contribution in [3.8, 4) is 5.75 Å². The normalized spacial score (nSPS) is 14.9. The van der Waals surface area contributed by atoms with E-state index in [1.807, 2.05) is 45.0 Å². The van der Waals surface area contributed by atoms with Crippen molar-refractivity contribution < 1.29 is 14.6 Å². The van der Waals surface area contributed by atoms with Gasteiger partial charge in [0.1, 0.15) is 5.75 Å². The number of hydrogen-bond acceptors (Lipinski definition) is 4. The summed E-state index contributed by atoms with van der Waals surface area (Å²) in [7, 11) is 1.66. The lowest BCUT2D eigenvalue weighted by atomic mass is 10.1. The second-order valence-corrected chi connectivity index (χ2v) is 5.98. The van der Waals surface area contributed by atoms with Crippen LogP contribution in [0.15, 0.2) is 24.3 Å². The predicted octanol–water partition coefficient (Wildman–Crippen LogP) is 2.52. The van der Waals surface area contributed by atoms with Crippen LogP contribution in [0.2, 0.25) is 0 Å². The van der Waals surface area contributed by atoms with Gasteiger partial charge in [-0.05, 0) is 45.4 Å². The summed E-state index contributed by atoms with van der Waals surface area (Å²) >= 11 is 0. The molecule has 20 heavy (non-hydrogen) atoms. The van der Waals surface area contributed by atoms with Gasteiger partial charge in [-0.3, -0.25) is 0 Å². The Hall–Kier alpha value is -1.10. The molecule has 4 heteroatoms. The quantitative estimate of drug-likeness (QED) is 0.806. The maximum absolute atomic E-state index is 9.88. The summed E-state index contributed by atoms with van der Waals surface area (Å²) in [4.78, 5) is 0. The standard InChI is InChI=1S/C16H27NO3/c1-12(13-6-8-15(19-5)9-7-13)17-10-14(18)11-20-16(2,3)4/h6-9,12,14,17-18H,10-11H2,1-5H3. The van der Waals surface area contributed by atoms with Gasteiger partial charge in [-0.15, -0.1) is 0 Å². The van der Waals surface area contributed by atoms with E-state index in [2.05, 4.69) is 12.2 Å². The van der Waals surface area contributed by atoms with Crippen LogP contribution in [0.3, 0.4) is 0 Å². The van der Waals surface area contributed by atoms with Gasteiger partial charge in [0.25, 0.3) is 0 Å². The van der Waals surface area contributed by atoms with E-state index in [0.29, 0.717) is 13.2 Å². The molecule has 0 aliphatic rings. The van der Waals surface area contributed by atoms with Crippen molar-refractivity contribution in [3.05, 3.63) is 29.8 Å². The minimum Gasteiger partial charge on any atom is -0.497 e. The Balaban J connectivity index is 2.36. The third-order valence-corrected chi connectivity index (χ3v) is 2.98. The fraction of sp³-hybridized carbons (Fsp3) is 0.625. The van der Waals surface area contributed by atoms with Crippen LogP contribution in [0.5, 0.6) is 5.75 Å². The molecule has 0 saturated carbocycles. The molecule has 1 aromatic rings. The zero-order valence-corrected chi connectivity index (χ0v) is 13.1. The fourth-order valence-corrected chi connectivity index (χ4v) is 1.73. The van der Waals surface area contributed by atoms with Gasteiger partial charge in [0, 0.05) is 12.6 Å². The number of ether oxygens (including phenoxy) is 2. The Bertz CT molecular complexity index is 384. The zero-order chi connectivity index (χ0) is 15.2. The highest BCUT2D eigenvalue weighted by Crippen LogP contribution is 2.17. The molecule has 1 aromatic carbocycles. The highest BCUT2D eigenvalue weighted by Gasteiger charge is 2.14. The lowest BCUT2D eigenvalue weighted by Crippen LogP contribution is -2.34. The largest absolute Gasteiger partial charge is 0.497 e. The molecule has 0 aliphatic heterocycles. The van der Waals surface area contributed by atoms with Crippen LogP contribution in [0.25, 0.3) is 0 Å². The lowest BCUT2D eigenvalue weighted by Gasteiger charge is -2.23. The van der Waals surface area contributed by atoms with E-state index < -0.39 is 6.10 Å². The van der Waals surface area contributed by atoms with Gasteiger partial charge in [-0.1, -0.05) is 12.1 Å². The van der Waals surface area contributed by atoms with Crippen LogP contribution >= 0.6 is 0 Å². The van der Waals surface area contributed by atoms with Gasteiger partial charge < -0.3 is 19.9 Å². The van der Waals surface area contributed by atoms with Crippen molar-refractivity contribution >= 4 is 0 Å². The fourth-order valence-electron chi connectivity index (χ4n) is 1.73. The van der Waals surface area contributed by atoms with E-state index in [1.165, 1.54) is 0 Å².